The van der Waals surface area contributed by atoms with Crippen molar-refractivity contribution in [3.8, 4) is 0 Å². The van der Waals surface area contributed by atoms with E-state index in [2.05, 4.69) is 5.14 Å². The molecule has 0 aromatic heterocycles. The molecule has 0 aromatic rings. The second-order valence-corrected chi connectivity index (χ2v) is 5.92. The maximum Gasteiger partial charge on any atom is 0.274 e. The lowest BCUT2D eigenvalue weighted by molar-refractivity contribution is 0.537. The van der Waals surface area contributed by atoms with Gasteiger partial charge in [0.2, 0.25) is 0 Å². The molecule has 11 heavy (non-hydrogen) atoms. The Hall–Kier alpha value is -0.180. The first kappa shape index (κ1) is 8.91. The largest absolute Gasteiger partial charge is 0.274 e. The third-order valence-electron chi connectivity index (χ3n) is 1.24. The van der Waals surface area contributed by atoms with Crippen LogP contribution >= 0.6 is 0 Å². The van der Waals surface area contributed by atoms with E-state index in [1.807, 2.05) is 4.72 Å². The summed E-state index contributed by atoms with van der Waals surface area (Å²) in [7, 11) is -6.73. The Labute approximate surface area is 64.9 Å². The molecule has 0 amide bonds. The van der Waals surface area contributed by atoms with Gasteiger partial charge in [0.25, 0.3) is 10.2 Å². The summed E-state index contributed by atoms with van der Waals surface area (Å²) >= 11 is 0. The van der Waals surface area contributed by atoms with Crippen molar-refractivity contribution in [3.05, 3.63) is 0 Å². The molecular weight excluding hydrogens is 192 g/mol. The average molecular weight is 200 g/mol. The lowest BCUT2D eigenvalue weighted by atomic mass is 10.4. The van der Waals surface area contributed by atoms with E-state index >= 15 is 0 Å². The van der Waals surface area contributed by atoms with Gasteiger partial charge in [-0.2, -0.15) is 13.1 Å². The molecule has 0 unspecified atom stereocenters. The standard InChI is InChI=1S/C3H8N2O4S2/c4-11(8,9)5-3-1-10(6,7)2-3/h3,5H,1-2H2,(H2,4,8,9). The molecule has 66 valence electrons. The van der Waals surface area contributed by atoms with Crippen molar-refractivity contribution in [1.29, 1.82) is 0 Å². The zero-order valence-electron chi connectivity index (χ0n) is 5.52. The van der Waals surface area contributed by atoms with Crippen molar-refractivity contribution in [2.75, 3.05) is 11.5 Å². The van der Waals surface area contributed by atoms with E-state index in [1.165, 1.54) is 0 Å². The number of hydrogen-bond acceptors (Lipinski definition) is 4. The first-order valence-corrected chi connectivity index (χ1v) is 6.16. The lowest BCUT2D eigenvalue weighted by Crippen LogP contribution is -2.54. The number of nitrogens with one attached hydrogen (secondary N) is 1. The predicted octanol–water partition coefficient (Wildman–Crippen LogP) is -2.42. The van der Waals surface area contributed by atoms with Crippen molar-refractivity contribution < 1.29 is 16.8 Å². The molecule has 3 N–H and O–H groups in total. The molecule has 0 aromatic carbocycles. The molecule has 6 nitrogen and oxygen atoms in total. The summed E-state index contributed by atoms with van der Waals surface area (Å²) < 4.78 is 43.6. The second-order valence-electron chi connectivity index (χ2n) is 2.44. The summed E-state index contributed by atoms with van der Waals surface area (Å²) in [4.78, 5) is 0. The minimum Gasteiger partial charge on any atom is -0.229 e. The summed E-state index contributed by atoms with van der Waals surface area (Å²) in [5.74, 6) is -0.299. The van der Waals surface area contributed by atoms with Crippen LogP contribution in [-0.2, 0) is 20.0 Å². The number of hydrogen-bond donors (Lipinski definition) is 2. The van der Waals surface area contributed by atoms with Crippen LogP contribution in [0.2, 0.25) is 0 Å². The van der Waals surface area contributed by atoms with Gasteiger partial charge in [0.1, 0.15) is 0 Å². The van der Waals surface area contributed by atoms with E-state index in [9.17, 15) is 16.8 Å². The number of rotatable bonds is 2. The highest BCUT2D eigenvalue weighted by molar-refractivity contribution is 7.93. The van der Waals surface area contributed by atoms with Crippen molar-refractivity contribution in [2.24, 2.45) is 5.14 Å². The molecule has 0 bridgehead atoms. The molecule has 1 rings (SSSR count). The van der Waals surface area contributed by atoms with Gasteiger partial charge in [-0.25, -0.2) is 13.6 Å². The van der Waals surface area contributed by atoms with Crippen molar-refractivity contribution in [2.45, 2.75) is 6.04 Å². The Morgan fingerprint density at radius 2 is 1.82 bits per heavy atom. The zero-order chi connectivity index (χ0) is 8.70. The van der Waals surface area contributed by atoms with Gasteiger partial charge in [-0.1, -0.05) is 0 Å². The molecule has 0 saturated carbocycles. The molecule has 1 saturated heterocycles. The smallest absolute Gasteiger partial charge is 0.229 e. The number of sulfone groups is 1. The van der Waals surface area contributed by atoms with Gasteiger partial charge in [0.15, 0.2) is 9.84 Å². The topological polar surface area (TPSA) is 106 Å². The summed E-state index contributed by atoms with van der Waals surface area (Å²) in [5.41, 5.74) is 0. The predicted molar refractivity (Wildman–Crippen MR) is 38.7 cm³/mol. The lowest BCUT2D eigenvalue weighted by Gasteiger charge is -2.24. The molecular formula is C3H8N2O4S2. The van der Waals surface area contributed by atoms with E-state index < -0.39 is 26.1 Å². The third-order valence-corrected chi connectivity index (χ3v) is 3.72. The molecule has 0 atom stereocenters. The zero-order valence-corrected chi connectivity index (χ0v) is 7.15. The summed E-state index contributed by atoms with van der Waals surface area (Å²) in [6.07, 6.45) is 0. The highest BCUT2D eigenvalue weighted by atomic mass is 32.2. The van der Waals surface area contributed by atoms with Crippen LogP contribution in [0.15, 0.2) is 0 Å². The van der Waals surface area contributed by atoms with Gasteiger partial charge < -0.3 is 0 Å². The van der Waals surface area contributed by atoms with E-state index in [1.54, 1.807) is 0 Å². The van der Waals surface area contributed by atoms with Crippen LogP contribution in [0.5, 0.6) is 0 Å². The van der Waals surface area contributed by atoms with Gasteiger partial charge >= 0.3 is 0 Å². The van der Waals surface area contributed by atoms with Crippen LogP contribution in [0.4, 0.5) is 0 Å². The average Bonchev–Trinajstić information content (AvgIpc) is 1.53. The summed E-state index contributed by atoms with van der Waals surface area (Å²) in [6, 6.07) is -0.532. The Kier molecular flexibility index (Phi) is 1.95. The minimum atomic E-state index is -3.75. The molecule has 0 spiro atoms. The third kappa shape index (κ3) is 2.73. The van der Waals surface area contributed by atoms with Gasteiger partial charge in [-0.05, 0) is 0 Å². The Balaban J connectivity index is 2.48. The van der Waals surface area contributed by atoms with Crippen molar-refractivity contribution >= 4 is 20.0 Å². The SMILES string of the molecule is NS(=O)(=O)NC1CS(=O)(=O)C1. The normalized spacial score (nSPS) is 24.5. The van der Waals surface area contributed by atoms with Crippen LogP contribution in [0, 0.1) is 0 Å². The summed E-state index contributed by atoms with van der Waals surface area (Å²) in [5, 5.41) is 4.60. The highest BCUT2D eigenvalue weighted by Gasteiger charge is 2.35. The van der Waals surface area contributed by atoms with Gasteiger partial charge in [-0.15, -0.1) is 0 Å². The van der Waals surface area contributed by atoms with Crippen LogP contribution < -0.4 is 9.86 Å². The molecule has 1 fully saturated rings. The van der Waals surface area contributed by atoms with Gasteiger partial charge in [-0.3, -0.25) is 0 Å². The monoisotopic (exact) mass is 200 g/mol. The Bertz CT molecular complexity index is 330. The van der Waals surface area contributed by atoms with Gasteiger partial charge in [0, 0.05) is 0 Å². The van der Waals surface area contributed by atoms with E-state index in [0.717, 1.165) is 0 Å². The quantitative estimate of drug-likeness (QED) is 0.517. The van der Waals surface area contributed by atoms with Crippen LogP contribution in [-0.4, -0.2) is 34.4 Å². The minimum absolute atomic E-state index is 0.149. The van der Waals surface area contributed by atoms with Gasteiger partial charge in [0.05, 0.1) is 17.5 Å². The molecule has 0 aliphatic carbocycles. The molecule has 1 heterocycles. The van der Waals surface area contributed by atoms with Crippen LogP contribution in [0.3, 0.4) is 0 Å². The Morgan fingerprint density at radius 3 is 2.09 bits per heavy atom. The fourth-order valence-electron chi connectivity index (χ4n) is 0.865. The fraction of sp³-hybridized carbons (Fsp3) is 1.00. The van der Waals surface area contributed by atoms with E-state index in [-0.39, 0.29) is 11.5 Å². The Morgan fingerprint density at radius 1 is 1.36 bits per heavy atom. The molecule has 0 radical (unpaired) electrons. The first-order chi connectivity index (χ1) is 4.79. The number of nitrogens with two attached hydrogens (primary N) is 1. The van der Waals surface area contributed by atoms with Crippen LogP contribution in [0.1, 0.15) is 0 Å². The van der Waals surface area contributed by atoms with E-state index in [0.29, 0.717) is 0 Å². The maximum atomic E-state index is 10.5. The summed E-state index contributed by atoms with van der Waals surface area (Å²) in [6.45, 7) is 0. The van der Waals surface area contributed by atoms with E-state index in [4.69, 9.17) is 0 Å². The first-order valence-electron chi connectivity index (χ1n) is 2.79. The molecule has 1 aliphatic rings. The maximum absolute atomic E-state index is 10.5. The van der Waals surface area contributed by atoms with Crippen molar-refractivity contribution in [3.63, 3.8) is 0 Å². The van der Waals surface area contributed by atoms with Crippen molar-refractivity contribution in [1.82, 2.24) is 4.72 Å². The highest BCUT2D eigenvalue weighted by Crippen LogP contribution is 2.09. The fourth-order valence-corrected chi connectivity index (χ4v) is 3.00. The second kappa shape index (κ2) is 2.41. The molecule has 1 aliphatic heterocycles. The van der Waals surface area contributed by atoms with Crippen LogP contribution in [0.25, 0.3) is 0 Å². The molecule has 8 heteroatoms.